The predicted octanol–water partition coefficient (Wildman–Crippen LogP) is 2.60. The number of allylic oxidation sites excluding steroid dienone is 1. The number of anilines is 1. The second-order valence-corrected chi connectivity index (χ2v) is 11.6. The van der Waals surface area contributed by atoms with Gasteiger partial charge < -0.3 is 36.6 Å². The zero-order valence-electron chi connectivity index (χ0n) is 24.2. The van der Waals surface area contributed by atoms with E-state index in [1.54, 1.807) is 37.3 Å². The van der Waals surface area contributed by atoms with E-state index in [1.165, 1.54) is 36.4 Å². The molecule has 0 radical (unpaired) electrons. The SMILES string of the molecule is C[C@H]1c2ccc(NC(=O)c3ccc(C(=O)c4ccccc4)cc3)c(O)c2C(=O)C2=C(O)[C@]3(O)C(=O)C(C(N)=O)=C(O)C[C@@H]3[C@@H](O)[C@@H]21. The summed E-state index contributed by atoms with van der Waals surface area (Å²) in [5, 5.41) is 58.2. The molecule has 3 aromatic carbocycles. The van der Waals surface area contributed by atoms with Crippen molar-refractivity contribution in [1.29, 1.82) is 0 Å². The van der Waals surface area contributed by atoms with Gasteiger partial charge in [0.25, 0.3) is 11.8 Å². The van der Waals surface area contributed by atoms with Crippen LogP contribution in [0.1, 0.15) is 61.5 Å². The first kappa shape index (κ1) is 30.4. The number of hydrogen-bond acceptors (Lipinski definition) is 10. The van der Waals surface area contributed by atoms with Crippen molar-refractivity contribution in [1.82, 2.24) is 0 Å². The molecule has 46 heavy (non-hydrogen) atoms. The number of carbonyl (C=O) groups is 5. The van der Waals surface area contributed by atoms with Gasteiger partial charge in [-0.2, -0.15) is 0 Å². The second kappa shape index (κ2) is 10.8. The fourth-order valence-corrected chi connectivity index (χ4v) is 6.82. The van der Waals surface area contributed by atoms with Gasteiger partial charge in [0.2, 0.25) is 5.78 Å². The number of hydrogen-bond donors (Lipinski definition) is 7. The molecule has 0 saturated heterocycles. The minimum atomic E-state index is -2.95. The monoisotopic (exact) mass is 624 g/mol. The molecule has 234 valence electrons. The molecule has 0 unspecified atom stereocenters. The number of carbonyl (C=O) groups excluding carboxylic acids is 5. The molecule has 12 nitrogen and oxygen atoms in total. The molecule has 6 rings (SSSR count). The summed E-state index contributed by atoms with van der Waals surface area (Å²) >= 11 is 0. The first-order valence-corrected chi connectivity index (χ1v) is 14.3. The summed E-state index contributed by atoms with van der Waals surface area (Å²) in [7, 11) is 0. The van der Waals surface area contributed by atoms with E-state index in [0.29, 0.717) is 11.1 Å². The van der Waals surface area contributed by atoms with Gasteiger partial charge in [-0.25, -0.2) is 0 Å². The number of primary amides is 1. The molecule has 5 atom stereocenters. The molecular formula is C34H28N2O10. The van der Waals surface area contributed by atoms with Gasteiger partial charge in [0.1, 0.15) is 17.1 Å². The van der Waals surface area contributed by atoms with E-state index in [-0.39, 0.29) is 28.2 Å². The average molecular weight is 625 g/mol. The lowest BCUT2D eigenvalue weighted by Gasteiger charge is -2.50. The van der Waals surface area contributed by atoms with Gasteiger partial charge in [0.05, 0.1) is 17.4 Å². The average Bonchev–Trinajstić information content (AvgIpc) is 3.04. The third-order valence-corrected chi connectivity index (χ3v) is 9.19. The molecule has 8 N–H and O–H groups in total. The standard InChI is InChI=1S/C34H28N2O10/c1-14-18-11-12-20(36-33(45)17-9-7-16(8-10-17)26(38)15-5-3-2-4-6-15)28(40)23(18)29(41)25-22(14)27(39)19-13-21(37)24(32(35)44)30(42)34(19,46)31(25)43/h2-12,14,19,22,27,37,39-40,43,46H,13H2,1H3,(H2,35,44)(H,36,45)/t14-,19+,22+,27+,34+/m0/s1. The van der Waals surface area contributed by atoms with Crippen LogP contribution in [0.3, 0.4) is 0 Å². The number of aliphatic hydroxyl groups excluding tert-OH is 3. The third kappa shape index (κ3) is 4.33. The molecule has 12 heteroatoms. The van der Waals surface area contributed by atoms with Crippen LogP contribution in [0.5, 0.6) is 5.75 Å². The predicted molar refractivity (Wildman–Crippen MR) is 161 cm³/mol. The number of aliphatic hydroxyl groups is 4. The fourth-order valence-electron chi connectivity index (χ4n) is 6.82. The van der Waals surface area contributed by atoms with Gasteiger partial charge in [0, 0.05) is 40.5 Å². The van der Waals surface area contributed by atoms with E-state index in [1.807, 2.05) is 0 Å². The molecule has 0 bridgehead atoms. The van der Waals surface area contributed by atoms with Crippen molar-refractivity contribution in [2.24, 2.45) is 17.6 Å². The van der Waals surface area contributed by atoms with Crippen molar-refractivity contribution < 1.29 is 49.5 Å². The highest BCUT2D eigenvalue weighted by atomic mass is 16.4. The molecule has 0 aromatic heterocycles. The van der Waals surface area contributed by atoms with Crippen molar-refractivity contribution in [3.8, 4) is 5.75 Å². The summed E-state index contributed by atoms with van der Waals surface area (Å²) < 4.78 is 0. The first-order valence-electron chi connectivity index (χ1n) is 14.3. The Hall–Kier alpha value is -5.59. The van der Waals surface area contributed by atoms with E-state index >= 15 is 0 Å². The van der Waals surface area contributed by atoms with E-state index in [4.69, 9.17) is 5.73 Å². The van der Waals surface area contributed by atoms with Gasteiger partial charge in [0.15, 0.2) is 22.9 Å². The quantitative estimate of drug-likeness (QED) is 0.125. The number of nitrogens with two attached hydrogens (primary N) is 1. The van der Waals surface area contributed by atoms with Crippen molar-refractivity contribution >= 4 is 34.9 Å². The fraction of sp³-hybridized carbons (Fsp3) is 0.206. The van der Waals surface area contributed by atoms with E-state index < -0.39 is 87.7 Å². The highest BCUT2D eigenvalue weighted by Gasteiger charge is 2.64. The minimum absolute atomic E-state index is 0.142. The molecule has 0 fully saturated rings. The summed E-state index contributed by atoms with van der Waals surface area (Å²) in [6, 6.07) is 17.2. The smallest absolute Gasteiger partial charge is 0.255 e. The Balaban J connectivity index is 1.34. The number of phenols is 1. The topological polar surface area (TPSA) is 225 Å². The molecule has 0 spiro atoms. The molecule has 0 heterocycles. The Morgan fingerprint density at radius 3 is 2.13 bits per heavy atom. The zero-order chi connectivity index (χ0) is 33.2. The van der Waals surface area contributed by atoms with E-state index in [2.05, 4.69) is 5.32 Å². The second-order valence-electron chi connectivity index (χ2n) is 11.6. The molecule has 3 aliphatic rings. The molecule has 3 aliphatic carbocycles. The highest BCUT2D eigenvalue weighted by Crippen LogP contribution is 2.55. The minimum Gasteiger partial charge on any atom is -0.511 e. The van der Waals surface area contributed by atoms with Gasteiger partial charge >= 0.3 is 0 Å². The number of phenolic OH excluding ortho intramolecular Hbond substituents is 1. The van der Waals surface area contributed by atoms with Crippen LogP contribution in [0.15, 0.2) is 89.4 Å². The Labute approximate surface area is 261 Å². The van der Waals surface area contributed by atoms with E-state index in [9.17, 15) is 49.5 Å². The van der Waals surface area contributed by atoms with Crippen LogP contribution in [-0.2, 0) is 9.59 Å². The van der Waals surface area contributed by atoms with Crippen LogP contribution in [0, 0.1) is 11.8 Å². The summed E-state index contributed by atoms with van der Waals surface area (Å²) in [6.07, 6.45) is -2.23. The Kier molecular flexibility index (Phi) is 7.14. The van der Waals surface area contributed by atoms with Crippen LogP contribution in [0.2, 0.25) is 0 Å². The van der Waals surface area contributed by atoms with Crippen LogP contribution in [0.25, 0.3) is 0 Å². The van der Waals surface area contributed by atoms with Gasteiger partial charge in [-0.05, 0) is 29.7 Å². The normalized spacial score (nSPS) is 25.4. The van der Waals surface area contributed by atoms with Crippen LogP contribution < -0.4 is 11.1 Å². The molecule has 0 saturated carbocycles. The Morgan fingerprint density at radius 2 is 1.50 bits per heavy atom. The first-order chi connectivity index (χ1) is 21.8. The van der Waals surface area contributed by atoms with Gasteiger partial charge in [-0.1, -0.05) is 55.5 Å². The molecule has 0 aliphatic heterocycles. The number of rotatable bonds is 5. The number of Topliss-reactive ketones (excluding diaryl/α,β-unsaturated/α-hetero) is 2. The number of ketones is 3. The summed E-state index contributed by atoms with van der Waals surface area (Å²) in [4.78, 5) is 64.8. The lowest BCUT2D eigenvalue weighted by atomic mass is 9.56. The maximum atomic E-state index is 13.9. The van der Waals surface area contributed by atoms with Gasteiger partial charge in [-0.15, -0.1) is 0 Å². The lowest BCUT2D eigenvalue weighted by Crippen LogP contribution is -2.62. The summed E-state index contributed by atoms with van der Waals surface area (Å²) in [5.74, 6) is -10.8. The van der Waals surface area contributed by atoms with Crippen molar-refractivity contribution in [2.45, 2.75) is 31.0 Å². The van der Waals surface area contributed by atoms with Crippen molar-refractivity contribution in [3.63, 3.8) is 0 Å². The van der Waals surface area contributed by atoms with Gasteiger partial charge in [-0.3, -0.25) is 24.0 Å². The maximum Gasteiger partial charge on any atom is 0.255 e. The van der Waals surface area contributed by atoms with Crippen molar-refractivity contribution in [2.75, 3.05) is 5.32 Å². The van der Waals surface area contributed by atoms with E-state index in [0.717, 1.165) is 0 Å². The Bertz CT molecular complexity index is 1930. The number of aromatic hydroxyl groups is 1. The molecule has 3 aromatic rings. The largest absolute Gasteiger partial charge is 0.511 e. The summed E-state index contributed by atoms with van der Waals surface area (Å²) in [5.41, 5.74) is 1.48. The Morgan fingerprint density at radius 1 is 0.891 bits per heavy atom. The summed E-state index contributed by atoms with van der Waals surface area (Å²) in [6.45, 7) is 1.60. The molecular weight excluding hydrogens is 596 g/mol. The van der Waals surface area contributed by atoms with Crippen LogP contribution in [-0.4, -0.2) is 66.4 Å². The van der Waals surface area contributed by atoms with Crippen LogP contribution in [0.4, 0.5) is 5.69 Å². The third-order valence-electron chi connectivity index (χ3n) is 9.19. The molecule has 2 amide bonds. The van der Waals surface area contributed by atoms with Crippen LogP contribution >= 0.6 is 0 Å². The van der Waals surface area contributed by atoms with Crippen molar-refractivity contribution in [3.05, 3.63) is 117 Å². The lowest BCUT2D eigenvalue weighted by molar-refractivity contribution is -0.154. The number of nitrogens with one attached hydrogen (secondary N) is 1. The zero-order valence-corrected chi connectivity index (χ0v) is 24.2. The maximum absolute atomic E-state index is 13.9. The highest BCUT2D eigenvalue weighted by molar-refractivity contribution is 6.25. The number of fused-ring (bicyclic) bond motifs is 3. The number of amides is 2. The number of benzene rings is 3.